The third kappa shape index (κ3) is 5.77. The SMILES string of the molecule is CN(C)C(=O)CCCOC(=O)COc1ccc(N2CCCC2=O)cc1. The van der Waals surface area contributed by atoms with E-state index in [4.69, 9.17) is 9.47 Å². The molecule has 136 valence electrons. The minimum atomic E-state index is -0.476. The summed E-state index contributed by atoms with van der Waals surface area (Å²) in [7, 11) is 3.38. The number of hydrogen-bond donors (Lipinski definition) is 0. The predicted molar refractivity (Wildman–Crippen MR) is 92.4 cm³/mol. The van der Waals surface area contributed by atoms with E-state index in [0.29, 0.717) is 25.0 Å². The molecule has 1 aromatic rings. The zero-order chi connectivity index (χ0) is 18.2. The van der Waals surface area contributed by atoms with Crippen LogP contribution in [0.1, 0.15) is 25.7 Å². The first-order valence-electron chi connectivity index (χ1n) is 8.36. The lowest BCUT2D eigenvalue weighted by molar-refractivity contribution is -0.146. The highest BCUT2D eigenvalue weighted by molar-refractivity contribution is 5.95. The van der Waals surface area contributed by atoms with Gasteiger partial charge in [-0.2, -0.15) is 0 Å². The highest BCUT2D eigenvalue weighted by atomic mass is 16.6. The minimum Gasteiger partial charge on any atom is -0.482 e. The quantitative estimate of drug-likeness (QED) is 0.527. The Bertz CT molecular complexity index is 612. The molecular weight excluding hydrogens is 324 g/mol. The maximum Gasteiger partial charge on any atom is 0.344 e. The number of anilines is 1. The maximum atomic E-state index is 11.7. The van der Waals surface area contributed by atoms with Gasteiger partial charge in [-0.05, 0) is 37.1 Å². The van der Waals surface area contributed by atoms with E-state index in [2.05, 4.69) is 0 Å². The number of hydrogen-bond acceptors (Lipinski definition) is 5. The number of nitrogens with zero attached hydrogens (tertiary/aromatic N) is 2. The Hall–Kier alpha value is -2.57. The molecule has 1 fully saturated rings. The van der Waals surface area contributed by atoms with Crippen molar-refractivity contribution in [3.8, 4) is 5.75 Å². The molecule has 0 aromatic heterocycles. The van der Waals surface area contributed by atoms with Crippen LogP contribution in [0.3, 0.4) is 0 Å². The summed E-state index contributed by atoms with van der Waals surface area (Å²) in [4.78, 5) is 37.9. The first-order valence-corrected chi connectivity index (χ1v) is 8.36. The van der Waals surface area contributed by atoms with Crippen LogP contribution in [0.2, 0.25) is 0 Å². The Morgan fingerprint density at radius 1 is 1.20 bits per heavy atom. The summed E-state index contributed by atoms with van der Waals surface area (Å²) in [5.41, 5.74) is 0.836. The van der Waals surface area contributed by atoms with Crippen molar-refractivity contribution in [2.75, 3.05) is 38.8 Å². The molecular formula is C18H24N2O5. The Morgan fingerprint density at radius 3 is 2.52 bits per heavy atom. The third-order valence-corrected chi connectivity index (χ3v) is 3.88. The lowest BCUT2D eigenvalue weighted by atomic mass is 10.3. The number of rotatable bonds is 8. The van der Waals surface area contributed by atoms with Crippen LogP contribution in [0, 0.1) is 0 Å². The molecule has 0 saturated carbocycles. The molecule has 25 heavy (non-hydrogen) atoms. The van der Waals surface area contributed by atoms with Gasteiger partial charge in [-0.3, -0.25) is 9.59 Å². The van der Waals surface area contributed by atoms with Gasteiger partial charge in [0.15, 0.2) is 6.61 Å². The van der Waals surface area contributed by atoms with Gasteiger partial charge in [0.1, 0.15) is 5.75 Å². The first-order chi connectivity index (χ1) is 12.0. The van der Waals surface area contributed by atoms with Gasteiger partial charge in [0.25, 0.3) is 0 Å². The number of esters is 1. The van der Waals surface area contributed by atoms with Gasteiger partial charge in [-0.25, -0.2) is 4.79 Å². The predicted octanol–water partition coefficient (Wildman–Crippen LogP) is 1.60. The zero-order valence-corrected chi connectivity index (χ0v) is 14.7. The largest absolute Gasteiger partial charge is 0.482 e. The number of benzene rings is 1. The van der Waals surface area contributed by atoms with Gasteiger partial charge in [-0.15, -0.1) is 0 Å². The molecule has 0 spiro atoms. The van der Waals surface area contributed by atoms with Crippen molar-refractivity contribution in [3.05, 3.63) is 24.3 Å². The van der Waals surface area contributed by atoms with E-state index in [1.54, 1.807) is 43.3 Å². The van der Waals surface area contributed by atoms with E-state index >= 15 is 0 Å². The number of amides is 2. The van der Waals surface area contributed by atoms with Gasteiger partial charge in [-0.1, -0.05) is 0 Å². The van der Waals surface area contributed by atoms with Gasteiger partial charge < -0.3 is 19.3 Å². The lowest BCUT2D eigenvalue weighted by Gasteiger charge is -2.16. The summed E-state index contributed by atoms with van der Waals surface area (Å²) in [6, 6.07) is 7.06. The van der Waals surface area contributed by atoms with E-state index in [1.807, 2.05) is 0 Å². The Balaban J connectivity index is 1.67. The molecule has 1 heterocycles. The molecule has 0 atom stereocenters. The molecule has 1 aliphatic heterocycles. The van der Waals surface area contributed by atoms with Gasteiger partial charge in [0.2, 0.25) is 11.8 Å². The summed E-state index contributed by atoms with van der Waals surface area (Å²) in [5.74, 6) is 0.195. The van der Waals surface area contributed by atoms with Crippen molar-refractivity contribution >= 4 is 23.5 Å². The molecule has 1 aliphatic rings. The fraction of sp³-hybridized carbons (Fsp3) is 0.500. The molecule has 0 unspecified atom stereocenters. The van der Waals surface area contributed by atoms with E-state index in [-0.39, 0.29) is 25.0 Å². The standard InChI is InChI=1S/C18H24N2O5/c1-19(2)16(21)6-4-12-24-18(23)13-25-15-9-7-14(8-10-15)20-11-3-5-17(20)22/h7-10H,3-6,11-13H2,1-2H3. The summed E-state index contributed by atoms with van der Waals surface area (Å²) in [6.45, 7) is 0.739. The lowest BCUT2D eigenvalue weighted by Crippen LogP contribution is -2.23. The second-order valence-corrected chi connectivity index (χ2v) is 6.04. The topological polar surface area (TPSA) is 76.2 Å². The van der Waals surface area contributed by atoms with Crippen LogP contribution in [-0.2, 0) is 19.1 Å². The van der Waals surface area contributed by atoms with E-state index in [1.165, 1.54) is 4.90 Å². The fourth-order valence-electron chi connectivity index (χ4n) is 2.46. The van der Waals surface area contributed by atoms with Crippen molar-refractivity contribution < 1.29 is 23.9 Å². The van der Waals surface area contributed by atoms with E-state index < -0.39 is 5.97 Å². The second-order valence-electron chi connectivity index (χ2n) is 6.04. The van der Waals surface area contributed by atoms with Crippen molar-refractivity contribution in [3.63, 3.8) is 0 Å². The summed E-state index contributed by atoms with van der Waals surface area (Å²) in [5, 5.41) is 0. The molecule has 7 heteroatoms. The Morgan fingerprint density at radius 2 is 1.92 bits per heavy atom. The Labute approximate surface area is 147 Å². The van der Waals surface area contributed by atoms with Gasteiger partial charge >= 0.3 is 5.97 Å². The molecule has 0 N–H and O–H groups in total. The Kier molecular flexibility index (Phi) is 6.80. The van der Waals surface area contributed by atoms with E-state index in [9.17, 15) is 14.4 Å². The van der Waals surface area contributed by atoms with Crippen molar-refractivity contribution in [2.45, 2.75) is 25.7 Å². The van der Waals surface area contributed by atoms with Crippen molar-refractivity contribution in [1.29, 1.82) is 0 Å². The van der Waals surface area contributed by atoms with Crippen LogP contribution in [0.15, 0.2) is 24.3 Å². The molecule has 7 nitrogen and oxygen atoms in total. The van der Waals surface area contributed by atoms with Crippen molar-refractivity contribution in [2.24, 2.45) is 0 Å². The first kappa shape index (κ1) is 18.8. The van der Waals surface area contributed by atoms with Gasteiger partial charge in [0, 0.05) is 39.2 Å². The molecule has 0 radical (unpaired) electrons. The smallest absolute Gasteiger partial charge is 0.344 e. The zero-order valence-electron chi connectivity index (χ0n) is 14.7. The third-order valence-electron chi connectivity index (χ3n) is 3.88. The normalized spacial score (nSPS) is 13.7. The van der Waals surface area contributed by atoms with Crippen LogP contribution in [0.4, 0.5) is 5.69 Å². The summed E-state index contributed by atoms with van der Waals surface area (Å²) in [6.07, 6.45) is 2.30. The maximum absolute atomic E-state index is 11.7. The van der Waals surface area contributed by atoms with Crippen LogP contribution in [-0.4, -0.2) is 56.5 Å². The molecule has 1 saturated heterocycles. The second kappa shape index (κ2) is 9.05. The average molecular weight is 348 g/mol. The number of carbonyl (C=O) groups excluding carboxylic acids is 3. The molecule has 2 rings (SSSR count). The fourth-order valence-corrected chi connectivity index (χ4v) is 2.46. The van der Waals surface area contributed by atoms with E-state index in [0.717, 1.165) is 18.7 Å². The van der Waals surface area contributed by atoms with Crippen LogP contribution in [0.5, 0.6) is 5.75 Å². The van der Waals surface area contributed by atoms with Crippen LogP contribution in [0.25, 0.3) is 0 Å². The number of carbonyl (C=O) groups is 3. The number of ether oxygens (including phenoxy) is 2. The molecule has 0 aliphatic carbocycles. The highest BCUT2D eigenvalue weighted by Crippen LogP contribution is 2.23. The summed E-state index contributed by atoms with van der Waals surface area (Å²) < 4.78 is 10.4. The average Bonchev–Trinajstić information content (AvgIpc) is 3.03. The molecule has 0 bridgehead atoms. The van der Waals surface area contributed by atoms with Crippen molar-refractivity contribution in [1.82, 2.24) is 4.90 Å². The minimum absolute atomic E-state index is 0.00359. The monoisotopic (exact) mass is 348 g/mol. The van der Waals surface area contributed by atoms with Crippen LogP contribution >= 0.6 is 0 Å². The molecule has 2 amide bonds. The van der Waals surface area contributed by atoms with Gasteiger partial charge in [0.05, 0.1) is 6.61 Å². The summed E-state index contributed by atoms with van der Waals surface area (Å²) >= 11 is 0. The molecule has 1 aromatic carbocycles. The highest BCUT2D eigenvalue weighted by Gasteiger charge is 2.21. The van der Waals surface area contributed by atoms with Crippen LogP contribution < -0.4 is 9.64 Å².